The van der Waals surface area contributed by atoms with Crippen LogP contribution in [0.15, 0.2) is 36.4 Å². The molecule has 0 radical (unpaired) electrons. The average molecular weight is 503 g/mol. The van der Waals surface area contributed by atoms with Gasteiger partial charge in [-0.3, -0.25) is 9.69 Å². The number of fused-ring (bicyclic) bond motifs is 2. The molecule has 0 aromatic heterocycles. The molecule has 1 saturated heterocycles. The second-order valence-electron chi connectivity index (χ2n) is 9.73. The zero-order valence-corrected chi connectivity index (χ0v) is 20.5. The summed E-state index contributed by atoms with van der Waals surface area (Å²) in [5, 5.41) is 24.7. The Balaban J connectivity index is 1.21. The van der Waals surface area contributed by atoms with Crippen LogP contribution < -0.4 is 10.1 Å². The van der Waals surface area contributed by atoms with Crippen LogP contribution in [0.2, 0.25) is 5.02 Å². The fraction of sp³-hybridized carbons (Fsp3) is 0.500. The second-order valence-corrected chi connectivity index (χ2v) is 10.2. The van der Waals surface area contributed by atoms with Gasteiger partial charge in [-0.2, -0.15) is 0 Å². The Morgan fingerprint density at radius 2 is 2.03 bits per heavy atom. The van der Waals surface area contributed by atoms with Crippen molar-refractivity contribution < 1.29 is 29.2 Å². The summed E-state index contributed by atoms with van der Waals surface area (Å²) in [5.74, 6) is -1.68. The van der Waals surface area contributed by atoms with Crippen LogP contribution in [0.25, 0.3) is 0 Å². The summed E-state index contributed by atoms with van der Waals surface area (Å²) in [6.07, 6.45) is 3.51. The number of nitrogens with zero attached hydrogens (tertiary/aromatic N) is 1. The van der Waals surface area contributed by atoms with Gasteiger partial charge in [-0.25, -0.2) is 0 Å². The van der Waals surface area contributed by atoms with Crippen molar-refractivity contribution in [1.29, 1.82) is 0 Å². The molecule has 0 bridgehead atoms. The normalized spacial score (nSPS) is 20.9. The van der Waals surface area contributed by atoms with Gasteiger partial charge in [0.2, 0.25) is 5.79 Å². The Bertz CT molecular complexity index is 1100. The molecule has 35 heavy (non-hydrogen) atoms. The van der Waals surface area contributed by atoms with E-state index in [9.17, 15) is 15.0 Å². The third-order valence-corrected chi connectivity index (χ3v) is 7.39. The fourth-order valence-corrected chi connectivity index (χ4v) is 5.12. The molecule has 2 fully saturated rings. The van der Waals surface area contributed by atoms with Gasteiger partial charge in [0, 0.05) is 37.3 Å². The summed E-state index contributed by atoms with van der Waals surface area (Å²) in [4.78, 5) is 14.7. The minimum absolute atomic E-state index is 0.0246. The highest BCUT2D eigenvalue weighted by Gasteiger charge is 2.44. The maximum atomic E-state index is 12.6. The van der Waals surface area contributed by atoms with E-state index < -0.39 is 5.79 Å². The van der Waals surface area contributed by atoms with Crippen LogP contribution in [0, 0.1) is 0 Å². The number of carbonyl (C=O) groups is 1. The minimum Gasteiger partial charge on any atom is -0.508 e. The van der Waals surface area contributed by atoms with Gasteiger partial charge < -0.3 is 29.7 Å². The summed E-state index contributed by atoms with van der Waals surface area (Å²) < 4.78 is 17.5. The summed E-state index contributed by atoms with van der Waals surface area (Å²) in [6.45, 7) is 2.03. The topological polar surface area (TPSA) is 100 Å². The Morgan fingerprint density at radius 1 is 1.26 bits per heavy atom. The molecule has 1 saturated carbocycles. The number of carbonyl (C=O) groups excluding carboxylic acids is 1. The van der Waals surface area contributed by atoms with E-state index in [2.05, 4.69) is 16.3 Å². The Kier molecular flexibility index (Phi) is 6.67. The maximum Gasteiger partial charge on any atom is 0.255 e. The highest BCUT2D eigenvalue weighted by atomic mass is 35.5. The molecule has 9 heteroatoms. The number of methoxy groups -OCH3 is 1. The lowest BCUT2D eigenvalue weighted by molar-refractivity contribution is -0.217. The number of rotatable bonds is 8. The summed E-state index contributed by atoms with van der Waals surface area (Å²) in [6, 6.07) is 10.5. The summed E-state index contributed by atoms with van der Waals surface area (Å²) >= 11 is 6.14. The van der Waals surface area contributed by atoms with Crippen LogP contribution in [-0.2, 0) is 21.7 Å². The standard InChI is InChI=1S/C26H31ClN2O6/c1-33-26(32,16-34-23-13-20(30)5-6-21(23)24(31)28-19-3-4-19)15-29-10-8-25(9-11-29)22-7-2-18(27)12-17(22)14-35-25/h2,5-7,12-13,19,30,32H,3-4,8-11,14-16H2,1H3,(H,28,31)/t26-/m0/s1. The van der Waals surface area contributed by atoms with E-state index in [0.29, 0.717) is 17.2 Å². The van der Waals surface area contributed by atoms with E-state index in [1.807, 2.05) is 12.1 Å². The van der Waals surface area contributed by atoms with E-state index in [4.69, 9.17) is 25.8 Å². The number of hydrogen-bond donors (Lipinski definition) is 3. The van der Waals surface area contributed by atoms with Gasteiger partial charge in [-0.15, -0.1) is 0 Å². The van der Waals surface area contributed by atoms with Gasteiger partial charge in [0.25, 0.3) is 5.91 Å². The first-order valence-corrected chi connectivity index (χ1v) is 12.4. The third kappa shape index (κ3) is 5.27. The van der Waals surface area contributed by atoms with Crippen LogP contribution in [0.4, 0.5) is 0 Å². The van der Waals surface area contributed by atoms with Crippen molar-refractivity contribution in [2.75, 3.05) is 33.4 Å². The first-order chi connectivity index (χ1) is 16.8. The zero-order valence-electron chi connectivity index (χ0n) is 19.8. The molecule has 5 rings (SSSR count). The van der Waals surface area contributed by atoms with Crippen molar-refractivity contribution >= 4 is 17.5 Å². The Morgan fingerprint density at radius 3 is 2.74 bits per heavy atom. The maximum absolute atomic E-state index is 12.6. The van der Waals surface area contributed by atoms with Crippen molar-refractivity contribution in [3.05, 3.63) is 58.1 Å². The molecular formula is C26H31ClN2O6. The van der Waals surface area contributed by atoms with Crippen LogP contribution >= 0.6 is 11.6 Å². The number of nitrogens with one attached hydrogen (secondary N) is 1. The van der Waals surface area contributed by atoms with Gasteiger partial charge in [-0.1, -0.05) is 17.7 Å². The van der Waals surface area contributed by atoms with E-state index in [-0.39, 0.29) is 42.2 Å². The minimum atomic E-state index is -1.60. The van der Waals surface area contributed by atoms with Crippen molar-refractivity contribution in [3.63, 3.8) is 0 Å². The largest absolute Gasteiger partial charge is 0.508 e. The number of benzene rings is 2. The molecule has 3 N–H and O–H groups in total. The lowest BCUT2D eigenvalue weighted by Gasteiger charge is -2.41. The first-order valence-electron chi connectivity index (χ1n) is 12.0. The number of ether oxygens (including phenoxy) is 3. The summed E-state index contributed by atoms with van der Waals surface area (Å²) in [5.41, 5.74) is 2.34. The first kappa shape index (κ1) is 24.3. The number of β-amino-alcohol motifs (C(OH)–C–C–N with tert-alkyl or cyclic N) is 1. The van der Waals surface area contributed by atoms with Crippen LogP contribution in [0.3, 0.4) is 0 Å². The number of likely N-dealkylation sites (tertiary alicyclic amines) is 1. The lowest BCUT2D eigenvalue weighted by atomic mass is 9.83. The monoisotopic (exact) mass is 502 g/mol. The number of hydrogen-bond acceptors (Lipinski definition) is 7. The highest BCUT2D eigenvalue weighted by molar-refractivity contribution is 6.30. The molecule has 8 nitrogen and oxygen atoms in total. The van der Waals surface area contributed by atoms with Crippen LogP contribution in [-0.4, -0.2) is 66.2 Å². The van der Waals surface area contributed by atoms with E-state index >= 15 is 0 Å². The van der Waals surface area contributed by atoms with Crippen molar-refractivity contribution in [2.45, 2.75) is 49.7 Å². The predicted octanol–water partition coefficient (Wildman–Crippen LogP) is 3.17. The lowest BCUT2D eigenvalue weighted by Crippen LogP contribution is -2.52. The number of phenolic OH excluding ortho intramolecular Hbond substituents is 1. The molecular weight excluding hydrogens is 472 g/mol. The summed E-state index contributed by atoms with van der Waals surface area (Å²) in [7, 11) is 1.43. The molecule has 2 aliphatic heterocycles. The van der Waals surface area contributed by atoms with E-state index in [1.54, 1.807) is 0 Å². The number of amides is 1. The smallest absolute Gasteiger partial charge is 0.255 e. The number of aliphatic hydroxyl groups is 1. The molecule has 1 aliphatic carbocycles. The Hall–Kier alpha value is -2.36. The molecule has 2 aromatic rings. The zero-order chi connectivity index (χ0) is 24.6. The molecule has 188 valence electrons. The molecule has 0 unspecified atom stereocenters. The molecule has 3 aliphatic rings. The van der Waals surface area contributed by atoms with Crippen LogP contribution in [0.1, 0.15) is 47.2 Å². The van der Waals surface area contributed by atoms with Gasteiger partial charge in [-0.05, 0) is 61.1 Å². The number of halogens is 1. The van der Waals surface area contributed by atoms with Gasteiger partial charge in [0.1, 0.15) is 18.1 Å². The molecule has 2 aromatic carbocycles. The van der Waals surface area contributed by atoms with Crippen molar-refractivity contribution in [2.24, 2.45) is 0 Å². The third-order valence-electron chi connectivity index (χ3n) is 7.15. The van der Waals surface area contributed by atoms with Crippen molar-refractivity contribution in [3.8, 4) is 11.5 Å². The molecule has 1 atom stereocenters. The second kappa shape index (κ2) is 9.59. The van der Waals surface area contributed by atoms with E-state index in [1.165, 1.54) is 30.9 Å². The van der Waals surface area contributed by atoms with Gasteiger partial charge in [0.15, 0.2) is 0 Å². The predicted molar refractivity (Wildman–Crippen MR) is 130 cm³/mol. The Labute approximate surface area is 209 Å². The van der Waals surface area contributed by atoms with Crippen molar-refractivity contribution in [1.82, 2.24) is 10.2 Å². The quantitative estimate of drug-likeness (QED) is 0.477. The van der Waals surface area contributed by atoms with Crippen LogP contribution in [0.5, 0.6) is 11.5 Å². The van der Waals surface area contributed by atoms with E-state index in [0.717, 1.165) is 44.3 Å². The van der Waals surface area contributed by atoms with Gasteiger partial charge in [0.05, 0.1) is 24.3 Å². The number of phenols is 1. The number of aromatic hydroxyl groups is 1. The molecule has 2 heterocycles. The molecule has 1 spiro atoms. The number of piperidine rings is 1. The van der Waals surface area contributed by atoms with Gasteiger partial charge >= 0.3 is 0 Å². The highest BCUT2D eigenvalue weighted by Crippen LogP contribution is 2.45. The SMILES string of the molecule is CO[C@](O)(COc1cc(O)ccc1C(=O)NC1CC1)CN1CCC2(CC1)OCc1cc(Cl)ccc12. The fourth-order valence-electron chi connectivity index (χ4n) is 4.92. The molecule has 1 amide bonds. The average Bonchev–Trinajstić information content (AvgIpc) is 3.60.